The lowest BCUT2D eigenvalue weighted by Gasteiger charge is -2.06. The van der Waals surface area contributed by atoms with E-state index in [4.69, 9.17) is 10.2 Å². The molecule has 0 aliphatic heterocycles. The van der Waals surface area contributed by atoms with Crippen LogP contribution in [0.5, 0.6) is 0 Å². The molecule has 0 fully saturated rings. The molecule has 3 N–H and O–H groups in total. The monoisotopic (exact) mass is 210 g/mol. The van der Waals surface area contributed by atoms with Gasteiger partial charge in [-0.3, -0.25) is 4.98 Å². The topological polar surface area (TPSA) is 65.4 Å². The van der Waals surface area contributed by atoms with Crippen molar-refractivity contribution in [2.75, 3.05) is 13.6 Å². The standard InChI is InChI=1S/C11H18N2O2/c1-12-4-2-3-9-5-10(7-14)13-11(6-9)8-15/h5-6,12,14-15H,2-4,7-8H2,1H3. The number of nitrogens with zero attached hydrogens (tertiary/aromatic N) is 1. The highest BCUT2D eigenvalue weighted by Gasteiger charge is 2.01. The first-order chi connectivity index (χ1) is 7.30. The van der Waals surface area contributed by atoms with Crippen molar-refractivity contribution in [3.63, 3.8) is 0 Å². The molecule has 0 bridgehead atoms. The Kier molecular flexibility index (Phi) is 5.25. The third-order valence-electron chi connectivity index (χ3n) is 2.21. The van der Waals surface area contributed by atoms with Gasteiger partial charge in [0.25, 0.3) is 0 Å². The fourth-order valence-corrected chi connectivity index (χ4v) is 1.49. The average Bonchev–Trinajstić information content (AvgIpc) is 2.29. The van der Waals surface area contributed by atoms with Gasteiger partial charge in [0.05, 0.1) is 24.6 Å². The Morgan fingerprint density at radius 3 is 2.27 bits per heavy atom. The fraction of sp³-hybridized carbons (Fsp3) is 0.545. The summed E-state index contributed by atoms with van der Waals surface area (Å²) >= 11 is 0. The van der Waals surface area contributed by atoms with E-state index >= 15 is 0 Å². The lowest BCUT2D eigenvalue weighted by atomic mass is 10.1. The highest BCUT2D eigenvalue weighted by molar-refractivity contribution is 5.21. The van der Waals surface area contributed by atoms with Crippen molar-refractivity contribution in [3.05, 3.63) is 29.1 Å². The number of aliphatic hydroxyl groups is 2. The van der Waals surface area contributed by atoms with E-state index in [9.17, 15) is 0 Å². The van der Waals surface area contributed by atoms with Crippen LogP contribution in [0.3, 0.4) is 0 Å². The molecule has 15 heavy (non-hydrogen) atoms. The molecule has 0 aliphatic carbocycles. The first-order valence-electron chi connectivity index (χ1n) is 5.15. The zero-order chi connectivity index (χ0) is 11.1. The van der Waals surface area contributed by atoms with Gasteiger partial charge in [0, 0.05) is 0 Å². The van der Waals surface area contributed by atoms with Gasteiger partial charge in [-0.15, -0.1) is 0 Å². The quantitative estimate of drug-likeness (QED) is 0.588. The maximum atomic E-state index is 9.00. The molecule has 0 radical (unpaired) electrons. The Labute approximate surface area is 90.0 Å². The summed E-state index contributed by atoms with van der Waals surface area (Å²) in [6, 6.07) is 3.77. The van der Waals surface area contributed by atoms with Gasteiger partial charge in [-0.2, -0.15) is 0 Å². The van der Waals surface area contributed by atoms with Gasteiger partial charge in [-0.1, -0.05) is 0 Å². The normalized spacial score (nSPS) is 10.6. The predicted molar refractivity (Wildman–Crippen MR) is 58.3 cm³/mol. The van der Waals surface area contributed by atoms with E-state index in [0.717, 1.165) is 24.9 Å². The van der Waals surface area contributed by atoms with Crippen molar-refractivity contribution in [1.82, 2.24) is 10.3 Å². The maximum absolute atomic E-state index is 9.00. The third-order valence-corrected chi connectivity index (χ3v) is 2.21. The molecule has 4 nitrogen and oxygen atoms in total. The van der Waals surface area contributed by atoms with Crippen LogP contribution in [0.15, 0.2) is 12.1 Å². The largest absolute Gasteiger partial charge is 0.390 e. The number of pyridine rings is 1. The summed E-state index contributed by atoms with van der Waals surface area (Å²) in [5, 5.41) is 21.1. The molecule has 0 aliphatic rings. The molecule has 4 heteroatoms. The molecule has 84 valence electrons. The van der Waals surface area contributed by atoms with Crippen LogP contribution in [0, 0.1) is 0 Å². The van der Waals surface area contributed by atoms with E-state index in [1.165, 1.54) is 0 Å². The van der Waals surface area contributed by atoms with E-state index in [0.29, 0.717) is 11.4 Å². The predicted octanol–water partition coefficient (Wildman–Crippen LogP) is 0.218. The maximum Gasteiger partial charge on any atom is 0.0853 e. The fourth-order valence-electron chi connectivity index (χ4n) is 1.49. The van der Waals surface area contributed by atoms with Crippen LogP contribution in [0.4, 0.5) is 0 Å². The molecule has 0 saturated heterocycles. The summed E-state index contributed by atoms with van der Waals surface area (Å²) in [5.74, 6) is 0. The van der Waals surface area contributed by atoms with Crippen LogP contribution >= 0.6 is 0 Å². The van der Waals surface area contributed by atoms with E-state index in [2.05, 4.69) is 10.3 Å². The molecule has 0 atom stereocenters. The lowest BCUT2D eigenvalue weighted by molar-refractivity contribution is 0.265. The average molecular weight is 210 g/mol. The Morgan fingerprint density at radius 2 is 1.80 bits per heavy atom. The summed E-state index contributed by atoms with van der Waals surface area (Å²) in [4.78, 5) is 4.08. The first kappa shape index (κ1) is 12.1. The van der Waals surface area contributed by atoms with Gasteiger partial charge < -0.3 is 15.5 Å². The van der Waals surface area contributed by atoms with Crippen molar-refractivity contribution in [3.8, 4) is 0 Å². The highest BCUT2D eigenvalue weighted by atomic mass is 16.3. The summed E-state index contributed by atoms with van der Waals surface area (Å²) in [7, 11) is 1.92. The van der Waals surface area contributed by atoms with Gasteiger partial charge in [0.2, 0.25) is 0 Å². The number of nitrogens with one attached hydrogen (secondary N) is 1. The first-order valence-corrected chi connectivity index (χ1v) is 5.15. The van der Waals surface area contributed by atoms with Crippen molar-refractivity contribution in [2.24, 2.45) is 0 Å². The summed E-state index contributed by atoms with van der Waals surface area (Å²) in [6.45, 7) is 0.810. The van der Waals surface area contributed by atoms with Gasteiger partial charge in [-0.25, -0.2) is 0 Å². The smallest absolute Gasteiger partial charge is 0.0853 e. The van der Waals surface area contributed by atoms with Crippen LogP contribution in [0.1, 0.15) is 23.4 Å². The molecule has 0 spiro atoms. The Hall–Kier alpha value is -0.970. The van der Waals surface area contributed by atoms with Gasteiger partial charge in [0.15, 0.2) is 0 Å². The van der Waals surface area contributed by atoms with Gasteiger partial charge >= 0.3 is 0 Å². The van der Waals surface area contributed by atoms with Gasteiger partial charge in [-0.05, 0) is 44.1 Å². The van der Waals surface area contributed by atoms with Crippen molar-refractivity contribution < 1.29 is 10.2 Å². The molecule has 1 aromatic heterocycles. The molecule has 0 amide bonds. The van der Waals surface area contributed by atoms with Crippen molar-refractivity contribution in [2.45, 2.75) is 26.1 Å². The second kappa shape index (κ2) is 6.50. The third kappa shape index (κ3) is 3.95. The SMILES string of the molecule is CNCCCc1cc(CO)nc(CO)c1. The second-order valence-electron chi connectivity index (χ2n) is 3.48. The molecule has 0 aromatic carbocycles. The summed E-state index contributed by atoms with van der Waals surface area (Å²) in [5.41, 5.74) is 2.37. The molecular weight excluding hydrogens is 192 g/mol. The Balaban J connectivity index is 2.68. The zero-order valence-corrected chi connectivity index (χ0v) is 9.03. The number of aliphatic hydroxyl groups excluding tert-OH is 2. The van der Waals surface area contributed by atoms with Crippen LogP contribution in [0.2, 0.25) is 0 Å². The Morgan fingerprint density at radius 1 is 1.20 bits per heavy atom. The number of rotatable bonds is 6. The van der Waals surface area contributed by atoms with Crippen LogP contribution in [-0.2, 0) is 19.6 Å². The van der Waals surface area contributed by atoms with Crippen molar-refractivity contribution in [1.29, 1.82) is 0 Å². The minimum atomic E-state index is -0.0765. The van der Waals surface area contributed by atoms with E-state index in [1.807, 2.05) is 19.2 Å². The number of hydrogen-bond acceptors (Lipinski definition) is 4. The van der Waals surface area contributed by atoms with Crippen LogP contribution < -0.4 is 5.32 Å². The number of aromatic nitrogens is 1. The number of aryl methyl sites for hydroxylation is 1. The van der Waals surface area contributed by atoms with E-state index < -0.39 is 0 Å². The number of hydrogen-bond donors (Lipinski definition) is 3. The van der Waals surface area contributed by atoms with Gasteiger partial charge in [0.1, 0.15) is 0 Å². The van der Waals surface area contributed by atoms with E-state index in [-0.39, 0.29) is 13.2 Å². The molecule has 1 heterocycles. The van der Waals surface area contributed by atoms with Crippen molar-refractivity contribution >= 4 is 0 Å². The van der Waals surface area contributed by atoms with Crippen LogP contribution in [0.25, 0.3) is 0 Å². The van der Waals surface area contributed by atoms with E-state index in [1.54, 1.807) is 0 Å². The summed E-state index contributed by atoms with van der Waals surface area (Å²) < 4.78 is 0. The lowest BCUT2D eigenvalue weighted by Crippen LogP contribution is -2.09. The molecule has 1 aromatic rings. The molecular formula is C11H18N2O2. The zero-order valence-electron chi connectivity index (χ0n) is 9.03. The summed E-state index contributed by atoms with van der Waals surface area (Å²) in [6.07, 6.45) is 1.97. The highest BCUT2D eigenvalue weighted by Crippen LogP contribution is 2.08. The minimum absolute atomic E-state index is 0.0765. The molecule has 1 rings (SSSR count). The van der Waals surface area contributed by atoms with Crippen LogP contribution in [-0.4, -0.2) is 28.8 Å². The Bertz CT molecular complexity index is 280. The second-order valence-corrected chi connectivity index (χ2v) is 3.48. The minimum Gasteiger partial charge on any atom is -0.390 e. The molecule has 0 saturated carbocycles. The molecule has 0 unspecified atom stereocenters.